The fourth-order valence-corrected chi connectivity index (χ4v) is 0.918. The number of rotatable bonds is 4. The number of hydrogen-bond donors (Lipinski definition) is 1. The van der Waals surface area contributed by atoms with Crippen molar-refractivity contribution in [3.05, 3.63) is 0 Å². The molecule has 0 aliphatic carbocycles. The summed E-state index contributed by atoms with van der Waals surface area (Å²) < 4.78 is 4.31. The molecule has 12 heavy (non-hydrogen) atoms. The number of Topliss-reactive ketones (excluding diaryl/α,β-unsaturated/α-hetero) is 1. The van der Waals surface area contributed by atoms with Crippen molar-refractivity contribution in [3.63, 3.8) is 0 Å². The average Bonchev–Trinajstić information content (AvgIpc) is 2.00. The molecular weight excluding hydrogens is 160 g/mol. The number of carbonyl (C=O) groups excluding carboxylic acids is 2. The Morgan fingerprint density at radius 3 is 2.33 bits per heavy atom. The maximum atomic E-state index is 10.8. The summed E-state index contributed by atoms with van der Waals surface area (Å²) in [5, 5.41) is 9.21. The van der Waals surface area contributed by atoms with E-state index >= 15 is 0 Å². The Kier molecular flexibility index (Phi) is 4.51. The SMILES string of the molecule is COC(=O)[C@H](O)[C@H](C)CC(C)=O. The van der Waals surface area contributed by atoms with Gasteiger partial charge < -0.3 is 14.6 Å². The Labute approximate surface area is 71.5 Å². The molecular formula is C8H14O4. The molecule has 0 aromatic carbocycles. The fourth-order valence-electron chi connectivity index (χ4n) is 0.918. The molecule has 1 N–H and O–H groups in total. The van der Waals surface area contributed by atoms with Gasteiger partial charge in [-0.1, -0.05) is 6.92 Å². The van der Waals surface area contributed by atoms with Crippen LogP contribution in [0, 0.1) is 5.92 Å². The smallest absolute Gasteiger partial charge is 0.334 e. The van der Waals surface area contributed by atoms with E-state index in [2.05, 4.69) is 4.74 Å². The molecule has 0 unspecified atom stereocenters. The van der Waals surface area contributed by atoms with E-state index in [4.69, 9.17) is 0 Å². The molecule has 0 radical (unpaired) electrons. The van der Waals surface area contributed by atoms with Crippen LogP contribution in [0.25, 0.3) is 0 Å². The zero-order valence-electron chi connectivity index (χ0n) is 7.53. The van der Waals surface area contributed by atoms with Crippen molar-refractivity contribution in [1.29, 1.82) is 0 Å². The highest BCUT2D eigenvalue weighted by atomic mass is 16.5. The first kappa shape index (κ1) is 11.1. The van der Waals surface area contributed by atoms with Gasteiger partial charge in [-0.3, -0.25) is 0 Å². The number of ether oxygens (including phenoxy) is 1. The topological polar surface area (TPSA) is 63.6 Å². The lowest BCUT2D eigenvalue weighted by Gasteiger charge is -2.14. The van der Waals surface area contributed by atoms with Gasteiger partial charge in [-0.15, -0.1) is 0 Å². The van der Waals surface area contributed by atoms with Crippen LogP contribution >= 0.6 is 0 Å². The molecule has 4 heteroatoms. The first-order valence-corrected chi connectivity index (χ1v) is 3.74. The van der Waals surface area contributed by atoms with E-state index in [0.29, 0.717) is 0 Å². The monoisotopic (exact) mass is 174 g/mol. The van der Waals surface area contributed by atoms with Crippen LogP contribution in [0.4, 0.5) is 0 Å². The van der Waals surface area contributed by atoms with E-state index in [1.54, 1.807) is 6.92 Å². The summed E-state index contributed by atoms with van der Waals surface area (Å²) in [5.41, 5.74) is 0. The lowest BCUT2D eigenvalue weighted by atomic mass is 9.99. The van der Waals surface area contributed by atoms with E-state index < -0.39 is 12.1 Å². The first-order valence-electron chi connectivity index (χ1n) is 3.74. The molecule has 0 saturated heterocycles. The third kappa shape index (κ3) is 3.48. The molecule has 0 heterocycles. The van der Waals surface area contributed by atoms with Gasteiger partial charge in [0.15, 0.2) is 6.10 Å². The van der Waals surface area contributed by atoms with Crippen LogP contribution in [0.15, 0.2) is 0 Å². The number of aliphatic hydroxyl groups excluding tert-OH is 1. The summed E-state index contributed by atoms with van der Waals surface area (Å²) in [5.74, 6) is -1.12. The van der Waals surface area contributed by atoms with E-state index in [1.165, 1.54) is 14.0 Å². The van der Waals surface area contributed by atoms with Gasteiger partial charge in [0.1, 0.15) is 5.78 Å². The lowest BCUT2D eigenvalue weighted by molar-refractivity contribution is -0.153. The first-order chi connectivity index (χ1) is 5.49. The van der Waals surface area contributed by atoms with Crippen LogP contribution in [-0.4, -0.2) is 30.1 Å². The van der Waals surface area contributed by atoms with Crippen LogP contribution in [-0.2, 0) is 14.3 Å². The van der Waals surface area contributed by atoms with Gasteiger partial charge in [-0.05, 0) is 12.8 Å². The minimum absolute atomic E-state index is 0.0505. The second-order valence-corrected chi connectivity index (χ2v) is 2.85. The van der Waals surface area contributed by atoms with Gasteiger partial charge in [-0.25, -0.2) is 4.79 Å². The maximum Gasteiger partial charge on any atom is 0.334 e. The fraction of sp³-hybridized carbons (Fsp3) is 0.750. The Morgan fingerprint density at radius 2 is 2.00 bits per heavy atom. The third-order valence-electron chi connectivity index (χ3n) is 1.59. The highest BCUT2D eigenvalue weighted by molar-refractivity contribution is 5.78. The number of hydrogen-bond acceptors (Lipinski definition) is 4. The Hall–Kier alpha value is -0.900. The summed E-state index contributed by atoms with van der Waals surface area (Å²) in [6, 6.07) is 0. The van der Waals surface area contributed by atoms with Crippen molar-refractivity contribution < 1.29 is 19.4 Å². The summed E-state index contributed by atoms with van der Waals surface area (Å²) >= 11 is 0. The van der Waals surface area contributed by atoms with Gasteiger partial charge in [0, 0.05) is 6.42 Å². The van der Waals surface area contributed by atoms with Gasteiger partial charge >= 0.3 is 5.97 Å². The molecule has 0 aliphatic heterocycles. The molecule has 0 saturated carbocycles. The molecule has 4 nitrogen and oxygen atoms in total. The molecule has 0 spiro atoms. The summed E-state index contributed by atoms with van der Waals surface area (Å²) in [4.78, 5) is 21.4. The van der Waals surface area contributed by atoms with E-state index in [-0.39, 0.29) is 18.1 Å². The van der Waals surface area contributed by atoms with Gasteiger partial charge in [-0.2, -0.15) is 0 Å². The molecule has 0 fully saturated rings. The van der Waals surface area contributed by atoms with Crippen LogP contribution in [0.3, 0.4) is 0 Å². The molecule has 0 amide bonds. The van der Waals surface area contributed by atoms with Crippen molar-refractivity contribution in [2.45, 2.75) is 26.4 Å². The van der Waals surface area contributed by atoms with Crippen LogP contribution < -0.4 is 0 Å². The molecule has 0 aromatic rings. The summed E-state index contributed by atoms with van der Waals surface area (Å²) in [7, 11) is 1.20. The molecule has 0 aromatic heterocycles. The average molecular weight is 174 g/mol. The standard InChI is InChI=1S/C8H14O4/c1-5(4-6(2)9)7(10)8(11)12-3/h5,7,10H,4H2,1-3H3/t5-,7-/m1/s1. The van der Waals surface area contributed by atoms with Crippen molar-refractivity contribution in [1.82, 2.24) is 0 Å². The van der Waals surface area contributed by atoms with Crippen LogP contribution in [0.2, 0.25) is 0 Å². The summed E-state index contributed by atoms with van der Waals surface area (Å²) in [6.07, 6.45) is -1.00. The predicted octanol–water partition coefficient (Wildman–Crippen LogP) is 0.135. The highest BCUT2D eigenvalue weighted by Gasteiger charge is 2.23. The van der Waals surface area contributed by atoms with Gasteiger partial charge in [0.05, 0.1) is 7.11 Å². The molecule has 0 bridgehead atoms. The molecule has 2 atom stereocenters. The normalized spacial score (nSPS) is 15.0. The summed E-state index contributed by atoms with van der Waals surface area (Å²) in [6.45, 7) is 3.05. The third-order valence-corrected chi connectivity index (χ3v) is 1.59. The van der Waals surface area contributed by atoms with Gasteiger partial charge in [0.2, 0.25) is 0 Å². The largest absolute Gasteiger partial charge is 0.467 e. The van der Waals surface area contributed by atoms with Crippen molar-refractivity contribution in [2.24, 2.45) is 5.92 Å². The minimum atomic E-state index is -1.20. The number of carbonyl (C=O) groups is 2. The van der Waals surface area contributed by atoms with Crippen LogP contribution in [0.5, 0.6) is 0 Å². The highest BCUT2D eigenvalue weighted by Crippen LogP contribution is 2.09. The van der Waals surface area contributed by atoms with E-state index in [0.717, 1.165) is 0 Å². The zero-order chi connectivity index (χ0) is 9.72. The lowest BCUT2D eigenvalue weighted by Crippen LogP contribution is -2.29. The van der Waals surface area contributed by atoms with Gasteiger partial charge in [0.25, 0.3) is 0 Å². The predicted molar refractivity (Wildman–Crippen MR) is 42.5 cm³/mol. The number of ketones is 1. The second kappa shape index (κ2) is 4.87. The van der Waals surface area contributed by atoms with Crippen molar-refractivity contribution in [3.8, 4) is 0 Å². The molecule has 70 valence electrons. The Morgan fingerprint density at radius 1 is 1.50 bits per heavy atom. The molecule has 0 aliphatic rings. The number of esters is 1. The van der Waals surface area contributed by atoms with Crippen molar-refractivity contribution in [2.75, 3.05) is 7.11 Å². The minimum Gasteiger partial charge on any atom is -0.467 e. The number of methoxy groups -OCH3 is 1. The quantitative estimate of drug-likeness (QED) is 0.615. The second-order valence-electron chi connectivity index (χ2n) is 2.85. The van der Waals surface area contributed by atoms with E-state index in [1.807, 2.05) is 0 Å². The Bertz CT molecular complexity index is 176. The van der Waals surface area contributed by atoms with Crippen LogP contribution in [0.1, 0.15) is 20.3 Å². The maximum absolute atomic E-state index is 10.8. The van der Waals surface area contributed by atoms with Crippen molar-refractivity contribution >= 4 is 11.8 Å². The van der Waals surface area contributed by atoms with E-state index in [9.17, 15) is 14.7 Å². The zero-order valence-corrected chi connectivity index (χ0v) is 7.53. The molecule has 0 rings (SSSR count). The number of aliphatic hydroxyl groups is 1. The Balaban J connectivity index is 4.00.